The average molecular weight is 510 g/mol. The second-order valence-electron chi connectivity index (χ2n) is 6.25. The molecule has 0 bridgehead atoms. The summed E-state index contributed by atoms with van der Waals surface area (Å²) in [5, 5.41) is 8.62. The number of rotatable bonds is 7. The van der Waals surface area contributed by atoms with Gasteiger partial charge in [0.15, 0.2) is 0 Å². The van der Waals surface area contributed by atoms with Gasteiger partial charge in [0.25, 0.3) is 0 Å². The summed E-state index contributed by atoms with van der Waals surface area (Å²) in [5.74, 6) is -0.167. The van der Waals surface area contributed by atoms with Gasteiger partial charge in [-0.2, -0.15) is 13.2 Å². The highest BCUT2D eigenvalue weighted by Gasteiger charge is 2.31. The van der Waals surface area contributed by atoms with E-state index in [-0.39, 0.29) is 36.3 Å². The molecule has 31 heavy (non-hydrogen) atoms. The lowest BCUT2D eigenvalue weighted by Gasteiger charge is -2.11. The Kier molecular flexibility index (Phi) is 7.64. The molecule has 0 radical (unpaired) electrons. The third-order valence-corrected chi connectivity index (χ3v) is 5.80. The maximum absolute atomic E-state index is 12.6. The maximum atomic E-state index is 12.6. The predicted octanol–water partition coefficient (Wildman–Crippen LogP) is 5.95. The Balaban J connectivity index is 1.49. The van der Waals surface area contributed by atoms with Gasteiger partial charge in [-0.15, -0.1) is 11.3 Å². The Morgan fingerprint density at radius 3 is 2.45 bits per heavy atom. The molecule has 0 unspecified atom stereocenters. The molecule has 2 aromatic heterocycles. The number of thiazole rings is 1. The summed E-state index contributed by atoms with van der Waals surface area (Å²) < 4.78 is 37.9. The van der Waals surface area contributed by atoms with E-state index in [4.69, 9.17) is 34.8 Å². The van der Waals surface area contributed by atoms with Crippen LogP contribution in [0.2, 0.25) is 15.1 Å². The maximum Gasteiger partial charge on any atom is 0.417 e. The van der Waals surface area contributed by atoms with E-state index in [1.54, 1.807) is 23.6 Å². The van der Waals surface area contributed by atoms with Gasteiger partial charge in [-0.25, -0.2) is 9.97 Å². The topological polar surface area (TPSA) is 66.9 Å². The van der Waals surface area contributed by atoms with Crippen molar-refractivity contribution in [3.8, 4) is 10.6 Å². The fraction of sp³-hybridized carbons (Fsp3) is 0.211. The van der Waals surface area contributed by atoms with Gasteiger partial charge in [-0.05, 0) is 18.2 Å². The summed E-state index contributed by atoms with van der Waals surface area (Å²) in [6.45, 7) is 0.437. The number of alkyl halides is 3. The van der Waals surface area contributed by atoms with E-state index in [1.807, 2.05) is 0 Å². The number of nitrogens with zero attached hydrogens (tertiary/aromatic N) is 2. The zero-order chi connectivity index (χ0) is 22.6. The lowest BCUT2D eigenvalue weighted by atomic mass is 10.2. The minimum Gasteiger partial charge on any atom is -0.367 e. The molecule has 164 valence electrons. The number of carbonyl (C=O) groups excluding carboxylic acids is 1. The van der Waals surface area contributed by atoms with Crippen LogP contribution in [-0.4, -0.2) is 29.0 Å². The molecule has 3 rings (SSSR count). The van der Waals surface area contributed by atoms with E-state index < -0.39 is 11.7 Å². The summed E-state index contributed by atoms with van der Waals surface area (Å²) in [7, 11) is 0. The van der Waals surface area contributed by atoms with E-state index in [2.05, 4.69) is 20.6 Å². The minimum absolute atomic E-state index is 0.0534. The molecule has 12 heteroatoms. The monoisotopic (exact) mass is 508 g/mol. The zero-order valence-electron chi connectivity index (χ0n) is 15.6. The lowest BCUT2D eigenvalue weighted by Crippen LogP contribution is -2.30. The van der Waals surface area contributed by atoms with Gasteiger partial charge in [0.05, 0.1) is 32.7 Å². The molecule has 1 aromatic carbocycles. The van der Waals surface area contributed by atoms with E-state index in [0.717, 1.165) is 6.07 Å². The normalized spacial score (nSPS) is 11.4. The first-order valence-corrected chi connectivity index (χ1v) is 10.8. The molecule has 0 saturated heterocycles. The van der Waals surface area contributed by atoms with E-state index in [9.17, 15) is 18.0 Å². The summed E-state index contributed by atoms with van der Waals surface area (Å²) in [5.41, 5.74) is 0.249. The number of anilines is 1. The highest BCUT2D eigenvalue weighted by Crippen LogP contribution is 2.36. The van der Waals surface area contributed by atoms with Crippen LogP contribution in [0.25, 0.3) is 10.6 Å². The number of aromatic nitrogens is 2. The third kappa shape index (κ3) is 6.22. The van der Waals surface area contributed by atoms with Gasteiger partial charge < -0.3 is 10.6 Å². The Labute approximate surface area is 194 Å². The van der Waals surface area contributed by atoms with Gasteiger partial charge in [0, 0.05) is 30.2 Å². The van der Waals surface area contributed by atoms with Crippen LogP contribution in [0.15, 0.2) is 35.8 Å². The van der Waals surface area contributed by atoms with E-state index >= 15 is 0 Å². The molecule has 0 aliphatic carbocycles. The molecular formula is C19H14Cl3F3N4OS. The number of benzene rings is 1. The molecule has 0 spiro atoms. The molecule has 0 saturated carbocycles. The van der Waals surface area contributed by atoms with Gasteiger partial charge in [-0.1, -0.05) is 40.9 Å². The molecule has 0 aliphatic rings. The highest BCUT2D eigenvalue weighted by molar-refractivity contribution is 7.13. The van der Waals surface area contributed by atoms with Crippen LogP contribution in [0, 0.1) is 0 Å². The molecule has 5 nitrogen and oxygen atoms in total. The smallest absolute Gasteiger partial charge is 0.367 e. The number of halogens is 6. The summed E-state index contributed by atoms with van der Waals surface area (Å²) >= 11 is 19.5. The highest BCUT2D eigenvalue weighted by atomic mass is 35.5. The van der Waals surface area contributed by atoms with Crippen LogP contribution < -0.4 is 10.6 Å². The minimum atomic E-state index is -4.52. The Morgan fingerprint density at radius 1 is 1.10 bits per heavy atom. The van der Waals surface area contributed by atoms with Crippen LogP contribution in [0.3, 0.4) is 0 Å². The van der Waals surface area contributed by atoms with Crippen LogP contribution in [0.5, 0.6) is 0 Å². The lowest BCUT2D eigenvalue weighted by molar-refractivity contribution is -0.137. The number of pyridine rings is 1. The van der Waals surface area contributed by atoms with Crippen molar-refractivity contribution < 1.29 is 18.0 Å². The number of nitrogens with one attached hydrogen (secondary N) is 2. The van der Waals surface area contributed by atoms with E-state index in [0.29, 0.717) is 32.5 Å². The summed E-state index contributed by atoms with van der Waals surface area (Å²) in [6.07, 6.45) is -3.77. The van der Waals surface area contributed by atoms with Crippen molar-refractivity contribution in [1.29, 1.82) is 0 Å². The number of hydrogen-bond acceptors (Lipinski definition) is 5. The third-order valence-electron chi connectivity index (χ3n) is 3.98. The standard InChI is InChI=1S/C19H14Cl3F3N4OS/c20-12-2-1-3-13(21)16(12)18-29-11(9-31-18)7-15(30)26-4-5-27-17-14(22)6-10(8-28-17)19(23,24)25/h1-3,6,8-9H,4-5,7H2,(H,26,30)(H,27,28). The van der Waals surface area contributed by atoms with Crippen molar-refractivity contribution in [1.82, 2.24) is 15.3 Å². The fourth-order valence-corrected chi connectivity index (χ4v) is 4.35. The van der Waals surface area contributed by atoms with Crippen molar-refractivity contribution in [2.24, 2.45) is 0 Å². The SMILES string of the molecule is O=C(Cc1csc(-c2c(Cl)cccc2Cl)n1)NCCNc1ncc(C(F)(F)F)cc1Cl. The summed E-state index contributed by atoms with van der Waals surface area (Å²) in [6, 6.07) is 5.95. The van der Waals surface area contributed by atoms with Gasteiger partial charge in [-0.3, -0.25) is 4.79 Å². The van der Waals surface area contributed by atoms with Gasteiger partial charge in [0.2, 0.25) is 5.91 Å². The molecule has 1 amide bonds. The van der Waals surface area contributed by atoms with Crippen molar-refractivity contribution in [2.75, 3.05) is 18.4 Å². The average Bonchev–Trinajstić information content (AvgIpc) is 3.13. The molecule has 0 fully saturated rings. The largest absolute Gasteiger partial charge is 0.417 e. The van der Waals surface area contributed by atoms with Crippen LogP contribution in [0.1, 0.15) is 11.3 Å². The van der Waals surface area contributed by atoms with Crippen LogP contribution in [0.4, 0.5) is 19.0 Å². The molecule has 2 N–H and O–H groups in total. The molecule has 3 aromatic rings. The van der Waals surface area contributed by atoms with Crippen molar-refractivity contribution in [3.63, 3.8) is 0 Å². The van der Waals surface area contributed by atoms with Crippen LogP contribution in [-0.2, 0) is 17.4 Å². The Morgan fingerprint density at radius 2 is 1.81 bits per heavy atom. The molecule has 0 atom stereocenters. The molecular weight excluding hydrogens is 496 g/mol. The van der Waals surface area contributed by atoms with Crippen molar-refractivity contribution >= 4 is 57.9 Å². The Hall–Kier alpha value is -2.07. The number of hydrogen-bond donors (Lipinski definition) is 2. The first kappa shape index (κ1) is 23.6. The number of carbonyl (C=O) groups is 1. The summed E-state index contributed by atoms with van der Waals surface area (Å²) in [4.78, 5) is 20.2. The second kappa shape index (κ2) is 10.0. The fourth-order valence-electron chi connectivity index (χ4n) is 2.54. The number of amides is 1. The van der Waals surface area contributed by atoms with Crippen molar-refractivity contribution in [2.45, 2.75) is 12.6 Å². The van der Waals surface area contributed by atoms with Gasteiger partial charge in [0.1, 0.15) is 10.8 Å². The van der Waals surface area contributed by atoms with Crippen LogP contribution >= 0.6 is 46.1 Å². The first-order chi connectivity index (χ1) is 14.6. The van der Waals surface area contributed by atoms with E-state index in [1.165, 1.54) is 11.3 Å². The Bertz CT molecular complexity index is 1070. The quantitative estimate of drug-likeness (QED) is 0.386. The van der Waals surface area contributed by atoms with Gasteiger partial charge >= 0.3 is 6.18 Å². The second-order valence-corrected chi connectivity index (χ2v) is 8.33. The zero-order valence-corrected chi connectivity index (χ0v) is 18.6. The van der Waals surface area contributed by atoms with Crippen molar-refractivity contribution in [3.05, 3.63) is 62.2 Å². The first-order valence-electron chi connectivity index (χ1n) is 8.77. The molecule has 0 aliphatic heterocycles. The predicted molar refractivity (Wildman–Crippen MR) is 117 cm³/mol. The molecule has 2 heterocycles.